The average Bonchev–Trinajstić information content (AvgIpc) is 3.20. The van der Waals surface area contributed by atoms with Gasteiger partial charge in [-0.1, -0.05) is 42.5 Å². The van der Waals surface area contributed by atoms with Crippen molar-refractivity contribution in [3.8, 4) is 5.75 Å². The lowest BCUT2D eigenvalue weighted by molar-refractivity contribution is -0.121. The van der Waals surface area contributed by atoms with E-state index in [1.54, 1.807) is 6.20 Å². The molecule has 0 bridgehead atoms. The minimum atomic E-state index is 0.0372. The molecular formula is C22H25N3O2. The lowest BCUT2D eigenvalue weighted by Gasteiger charge is -2.12. The van der Waals surface area contributed by atoms with Gasteiger partial charge in [0.25, 0.3) is 0 Å². The Labute approximate surface area is 160 Å². The van der Waals surface area contributed by atoms with Crippen LogP contribution in [0.25, 0.3) is 0 Å². The highest BCUT2D eigenvalue weighted by Crippen LogP contribution is 2.19. The van der Waals surface area contributed by atoms with E-state index in [-0.39, 0.29) is 5.91 Å². The quantitative estimate of drug-likeness (QED) is 0.632. The van der Waals surface area contributed by atoms with E-state index in [1.165, 1.54) is 0 Å². The second-order valence-electron chi connectivity index (χ2n) is 6.29. The first-order valence-electron chi connectivity index (χ1n) is 9.28. The summed E-state index contributed by atoms with van der Waals surface area (Å²) in [6.07, 6.45) is 4.80. The molecule has 0 fully saturated rings. The molecule has 2 aromatic carbocycles. The Bertz CT molecular complexity index is 860. The highest BCUT2D eigenvalue weighted by Gasteiger charge is 2.08. The third-order valence-electron chi connectivity index (χ3n) is 4.38. The molecule has 0 saturated heterocycles. The molecule has 3 rings (SSSR count). The molecule has 0 aliphatic heterocycles. The molecule has 5 heteroatoms. The fourth-order valence-corrected chi connectivity index (χ4v) is 2.99. The number of rotatable bonds is 9. The van der Waals surface area contributed by atoms with Crippen molar-refractivity contribution in [2.24, 2.45) is 0 Å². The van der Waals surface area contributed by atoms with Crippen LogP contribution in [0.1, 0.15) is 30.0 Å². The van der Waals surface area contributed by atoms with Crippen LogP contribution in [-0.4, -0.2) is 22.3 Å². The number of benzene rings is 2. The Morgan fingerprint density at radius 3 is 2.52 bits per heavy atom. The normalized spacial score (nSPS) is 10.6. The van der Waals surface area contributed by atoms with Gasteiger partial charge >= 0.3 is 0 Å². The first kappa shape index (κ1) is 18.7. The van der Waals surface area contributed by atoms with Crippen molar-refractivity contribution in [1.82, 2.24) is 15.1 Å². The second kappa shape index (κ2) is 9.57. The summed E-state index contributed by atoms with van der Waals surface area (Å²) in [5, 5.41) is 7.28. The number of hydrogen-bond donors (Lipinski definition) is 1. The molecule has 0 atom stereocenters. The van der Waals surface area contributed by atoms with Crippen LogP contribution in [-0.2, 0) is 24.3 Å². The van der Waals surface area contributed by atoms with Gasteiger partial charge in [0, 0.05) is 25.4 Å². The van der Waals surface area contributed by atoms with Crippen molar-refractivity contribution in [2.75, 3.05) is 6.61 Å². The molecule has 0 saturated carbocycles. The zero-order valence-corrected chi connectivity index (χ0v) is 15.6. The SMILES string of the molecule is CCOc1ccccc1CCC(=O)NCc1ccccc1Cn1cccn1. The number of nitrogens with one attached hydrogen (secondary N) is 1. The van der Waals surface area contributed by atoms with Gasteiger partial charge in [-0.15, -0.1) is 0 Å². The van der Waals surface area contributed by atoms with Crippen LogP contribution < -0.4 is 10.1 Å². The number of aryl methyl sites for hydroxylation is 1. The Hall–Kier alpha value is -3.08. The number of amides is 1. The fraction of sp³-hybridized carbons (Fsp3) is 0.273. The van der Waals surface area contributed by atoms with Gasteiger partial charge in [-0.05, 0) is 42.2 Å². The molecule has 27 heavy (non-hydrogen) atoms. The summed E-state index contributed by atoms with van der Waals surface area (Å²) in [7, 11) is 0. The maximum absolute atomic E-state index is 12.3. The summed E-state index contributed by atoms with van der Waals surface area (Å²) in [4.78, 5) is 12.3. The van der Waals surface area contributed by atoms with Crippen molar-refractivity contribution >= 4 is 5.91 Å². The molecule has 0 aliphatic rings. The summed E-state index contributed by atoms with van der Waals surface area (Å²) >= 11 is 0. The molecule has 1 aromatic heterocycles. The minimum absolute atomic E-state index is 0.0372. The molecule has 140 valence electrons. The van der Waals surface area contributed by atoms with E-state index in [4.69, 9.17) is 4.74 Å². The Kier molecular flexibility index (Phi) is 6.63. The molecule has 5 nitrogen and oxygen atoms in total. The lowest BCUT2D eigenvalue weighted by Crippen LogP contribution is -2.24. The van der Waals surface area contributed by atoms with Crippen molar-refractivity contribution in [3.63, 3.8) is 0 Å². The molecule has 3 aromatic rings. The number of carbonyl (C=O) groups excluding carboxylic acids is 1. The monoisotopic (exact) mass is 363 g/mol. The fourth-order valence-electron chi connectivity index (χ4n) is 2.99. The van der Waals surface area contributed by atoms with Crippen molar-refractivity contribution in [2.45, 2.75) is 32.9 Å². The first-order chi connectivity index (χ1) is 13.3. The van der Waals surface area contributed by atoms with Crippen LogP contribution in [0.15, 0.2) is 67.0 Å². The third kappa shape index (κ3) is 5.45. The predicted octanol–water partition coefficient (Wildman–Crippen LogP) is 3.58. The summed E-state index contributed by atoms with van der Waals surface area (Å²) in [6.45, 7) is 3.80. The molecular weight excluding hydrogens is 338 g/mol. The van der Waals surface area contributed by atoms with Gasteiger partial charge in [-0.25, -0.2) is 0 Å². The van der Waals surface area contributed by atoms with Crippen LogP contribution in [0.3, 0.4) is 0 Å². The largest absolute Gasteiger partial charge is 0.494 e. The number of carbonyl (C=O) groups is 1. The van der Waals surface area contributed by atoms with Crippen molar-refractivity contribution in [3.05, 3.63) is 83.7 Å². The second-order valence-corrected chi connectivity index (χ2v) is 6.29. The number of aromatic nitrogens is 2. The highest BCUT2D eigenvalue weighted by molar-refractivity contribution is 5.76. The summed E-state index contributed by atoms with van der Waals surface area (Å²) in [5.41, 5.74) is 3.33. The van der Waals surface area contributed by atoms with Crippen LogP contribution in [0, 0.1) is 0 Å². The third-order valence-corrected chi connectivity index (χ3v) is 4.38. The summed E-state index contributed by atoms with van der Waals surface area (Å²) < 4.78 is 7.50. The molecule has 0 radical (unpaired) electrons. The lowest BCUT2D eigenvalue weighted by atomic mass is 10.1. The maximum atomic E-state index is 12.3. The minimum Gasteiger partial charge on any atom is -0.494 e. The zero-order valence-electron chi connectivity index (χ0n) is 15.6. The van der Waals surface area contributed by atoms with Gasteiger partial charge in [0.15, 0.2) is 0 Å². The topological polar surface area (TPSA) is 56.1 Å². The zero-order chi connectivity index (χ0) is 18.9. The van der Waals surface area contributed by atoms with Gasteiger partial charge in [-0.2, -0.15) is 5.10 Å². The van der Waals surface area contributed by atoms with Crippen molar-refractivity contribution < 1.29 is 9.53 Å². The Morgan fingerprint density at radius 1 is 1.04 bits per heavy atom. The summed E-state index contributed by atoms with van der Waals surface area (Å²) in [6, 6.07) is 17.9. The standard InChI is InChI=1S/C22H25N3O2/c1-2-27-21-11-6-5-8-18(21)12-13-22(26)23-16-19-9-3-4-10-20(19)17-25-15-7-14-24-25/h3-11,14-15H,2,12-13,16-17H2,1H3,(H,23,26). The van der Waals surface area contributed by atoms with E-state index < -0.39 is 0 Å². The van der Waals surface area contributed by atoms with Gasteiger partial charge in [0.2, 0.25) is 5.91 Å². The van der Waals surface area contributed by atoms with Crippen LogP contribution in [0.4, 0.5) is 0 Å². The number of ether oxygens (including phenoxy) is 1. The van der Waals surface area contributed by atoms with Crippen LogP contribution in [0.5, 0.6) is 5.75 Å². The highest BCUT2D eigenvalue weighted by atomic mass is 16.5. The number of nitrogens with zero attached hydrogens (tertiary/aromatic N) is 2. The smallest absolute Gasteiger partial charge is 0.220 e. The predicted molar refractivity (Wildman–Crippen MR) is 106 cm³/mol. The van der Waals surface area contributed by atoms with E-state index in [0.717, 1.165) is 22.4 Å². The molecule has 0 spiro atoms. The first-order valence-corrected chi connectivity index (χ1v) is 9.28. The number of para-hydroxylation sites is 1. The summed E-state index contributed by atoms with van der Waals surface area (Å²) in [5.74, 6) is 0.896. The molecule has 0 aliphatic carbocycles. The molecule has 1 amide bonds. The number of hydrogen-bond acceptors (Lipinski definition) is 3. The van der Waals surface area contributed by atoms with Gasteiger partial charge in [-0.3, -0.25) is 9.48 Å². The Morgan fingerprint density at radius 2 is 1.78 bits per heavy atom. The van der Waals surface area contributed by atoms with E-state index in [9.17, 15) is 4.79 Å². The van der Waals surface area contributed by atoms with E-state index in [0.29, 0.717) is 32.5 Å². The van der Waals surface area contributed by atoms with Crippen molar-refractivity contribution in [1.29, 1.82) is 0 Å². The molecule has 1 N–H and O–H groups in total. The van der Waals surface area contributed by atoms with E-state index >= 15 is 0 Å². The van der Waals surface area contributed by atoms with Crippen LogP contribution >= 0.6 is 0 Å². The Balaban J connectivity index is 1.54. The maximum Gasteiger partial charge on any atom is 0.220 e. The van der Waals surface area contributed by atoms with Gasteiger partial charge in [0.05, 0.1) is 13.2 Å². The van der Waals surface area contributed by atoms with E-state index in [2.05, 4.69) is 16.5 Å². The van der Waals surface area contributed by atoms with E-state index in [1.807, 2.05) is 66.3 Å². The molecule has 0 unspecified atom stereocenters. The van der Waals surface area contributed by atoms with Crippen LogP contribution in [0.2, 0.25) is 0 Å². The molecule has 1 heterocycles. The van der Waals surface area contributed by atoms with Gasteiger partial charge < -0.3 is 10.1 Å². The average molecular weight is 363 g/mol. The van der Waals surface area contributed by atoms with Gasteiger partial charge in [0.1, 0.15) is 5.75 Å².